The Morgan fingerprint density at radius 1 is 1.33 bits per heavy atom. The van der Waals surface area contributed by atoms with Gasteiger partial charge in [0.05, 0.1) is 6.04 Å². The summed E-state index contributed by atoms with van der Waals surface area (Å²) in [5.41, 5.74) is 8.31. The number of thiophene rings is 1. The molecule has 0 aliphatic heterocycles. The third kappa shape index (κ3) is 3.01. The average Bonchev–Trinajstić information content (AvgIpc) is 2.69. The van der Waals surface area contributed by atoms with Crippen molar-refractivity contribution in [3.8, 4) is 0 Å². The predicted molar refractivity (Wildman–Crippen MR) is 69.5 cm³/mol. The summed E-state index contributed by atoms with van der Waals surface area (Å²) in [6.07, 6.45) is 1.76. The molecule has 0 fully saturated rings. The molecule has 0 aliphatic carbocycles. The van der Waals surface area contributed by atoms with Crippen LogP contribution in [0.2, 0.25) is 0 Å². The second kappa shape index (κ2) is 5.61. The Morgan fingerprint density at radius 3 is 2.73 bits per heavy atom. The second-order valence-corrected chi connectivity index (χ2v) is 4.54. The number of aromatic nitrogens is 1. The molecule has 2 N–H and O–H groups in total. The Labute approximate surface area is 107 Å². The summed E-state index contributed by atoms with van der Waals surface area (Å²) in [5, 5.41) is 4.10. The number of hydrogen-bond donors (Lipinski definition) is 1. The van der Waals surface area contributed by atoms with Crippen LogP contribution in [0.1, 0.15) is 17.2 Å². The van der Waals surface area contributed by atoms with Crippen molar-refractivity contribution in [1.82, 2.24) is 4.98 Å². The molecular weight excluding hydrogens is 296 g/mol. The first kappa shape index (κ1) is 12.6. The fourth-order valence-electron chi connectivity index (χ4n) is 1.26. The lowest BCUT2D eigenvalue weighted by atomic mass is 10.0. The molecule has 0 saturated heterocycles. The third-order valence-corrected chi connectivity index (χ3v) is 3.15. The summed E-state index contributed by atoms with van der Waals surface area (Å²) in [5.74, 6) is 0. The Morgan fingerprint density at radius 2 is 2.13 bits per heavy atom. The Hall–Kier alpha value is -0.420. The lowest BCUT2D eigenvalue weighted by molar-refractivity contribution is 0.871. The lowest BCUT2D eigenvalue weighted by Crippen LogP contribution is -2.10. The molecule has 0 unspecified atom stereocenters. The van der Waals surface area contributed by atoms with E-state index in [4.69, 9.17) is 5.73 Å². The predicted octanol–water partition coefficient (Wildman–Crippen LogP) is 3.38. The highest BCUT2D eigenvalue weighted by molar-refractivity contribution is 9.10. The van der Waals surface area contributed by atoms with Crippen molar-refractivity contribution in [1.29, 1.82) is 0 Å². The van der Waals surface area contributed by atoms with Crippen LogP contribution in [0.3, 0.4) is 0 Å². The van der Waals surface area contributed by atoms with Gasteiger partial charge in [-0.05, 0) is 56.0 Å². The van der Waals surface area contributed by atoms with Gasteiger partial charge in [-0.2, -0.15) is 11.3 Å². The topological polar surface area (TPSA) is 38.9 Å². The lowest BCUT2D eigenvalue weighted by Gasteiger charge is -2.09. The molecule has 2 heterocycles. The van der Waals surface area contributed by atoms with Gasteiger partial charge in [-0.15, -0.1) is 12.4 Å². The van der Waals surface area contributed by atoms with E-state index in [2.05, 4.69) is 26.3 Å². The van der Waals surface area contributed by atoms with Gasteiger partial charge >= 0.3 is 0 Å². The maximum Gasteiger partial charge on any atom is 0.106 e. The van der Waals surface area contributed by atoms with Gasteiger partial charge in [0.2, 0.25) is 0 Å². The van der Waals surface area contributed by atoms with Gasteiger partial charge in [-0.1, -0.05) is 0 Å². The minimum Gasteiger partial charge on any atom is -0.320 e. The van der Waals surface area contributed by atoms with Gasteiger partial charge in [0.1, 0.15) is 4.60 Å². The molecule has 5 heteroatoms. The molecule has 0 aliphatic rings. The van der Waals surface area contributed by atoms with E-state index < -0.39 is 0 Å². The van der Waals surface area contributed by atoms with E-state index in [1.165, 1.54) is 0 Å². The van der Waals surface area contributed by atoms with Gasteiger partial charge in [0, 0.05) is 6.20 Å². The molecule has 15 heavy (non-hydrogen) atoms. The van der Waals surface area contributed by atoms with E-state index in [-0.39, 0.29) is 18.4 Å². The quantitative estimate of drug-likeness (QED) is 0.864. The summed E-state index contributed by atoms with van der Waals surface area (Å²) in [6, 6.07) is 5.87. The first-order chi connectivity index (χ1) is 6.77. The number of nitrogens with zero attached hydrogens (tertiary/aromatic N) is 1. The van der Waals surface area contributed by atoms with Crippen LogP contribution in [0.25, 0.3) is 0 Å². The summed E-state index contributed by atoms with van der Waals surface area (Å²) in [7, 11) is 0. The Kier molecular flexibility index (Phi) is 4.73. The average molecular weight is 306 g/mol. The summed E-state index contributed by atoms with van der Waals surface area (Å²) in [4.78, 5) is 4.07. The van der Waals surface area contributed by atoms with Crippen molar-refractivity contribution < 1.29 is 0 Å². The second-order valence-electron chi connectivity index (χ2n) is 2.95. The standard InChI is InChI=1S/C10H9BrN2S.ClH/c11-9-5-7(1-3-13-9)10(12)8-2-4-14-6-8;/h1-6,10H,12H2;1H/t10-;/m0./s1. The van der Waals surface area contributed by atoms with Crippen molar-refractivity contribution in [3.05, 3.63) is 50.9 Å². The molecule has 0 bridgehead atoms. The molecule has 80 valence electrons. The first-order valence-corrected chi connectivity index (χ1v) is 5.90. The fraction of sp³-hybridized carbons (Fsp3) is 0.100. The van der Waals surface area contributed by atoms with Crippen molar-refractivity contribution in [2.24, 2.45) is 5.73 Å². The molecule has 2 aromatic heterocycles. The molecular formula is C10H10BrClN2S. The monoisotopic (exact) mass is 304 g/mol. The molecule has 2 nitrogen and oxygen atoms in total. The largest absolute Gasteiger partial charge is 0.320 e. The van der Waals surface area contributed by atoms with Crippen LogP contribution in [-0.4, -0.2) is 4.98 Å². The zero-order chi connectivity index (χ0) is 9.97. The van der Waals surface area contributed by atoms with E-state index in [1.54, 1.807) is 17.5 Å². The van der Waals surface area contributed by atoms with Crippen LogP contribution in [0.15, 0.2) is 39.8 Å². The highest BCUT2D eigenvalue weighted by Crippen LogP contribution is 2.22. The zero-order valence-corrected chi connectivity index (χ0v) is 11.0. The molecule has 0 amide bonds. The summed E-state index contributed by atoms with van der Waals surface area (Å²) >= 11 is 4.99. The summed E-state index contributed by atoms with van der Waals surface area (Å²) in [6.45, 7) is 0. The summed E-state index contributed by atoms with van der Waals surface area (Å²) < 4.78 is 0.820. The van der Waals surface area contributed by atoms with Gasteiger partial charge in [-0.3, -0.25) is 0 Å². The Bertz CT molecular complexity index is 419. The van der Waals surface area contributed by atoms with Gasteiger partial charge in [0.25, 0.3) is 0 Å². The van der Waals surface area contributed by atoms with Crippen LogP contribution in [0, 0.1) is 0 Å². The maximum absolute atomic E-state index is 6.09. The van der Waals surface area contributed by atoms with Crippen LogP contribution in [0.4, 0.5) is 0 Å². The molecule has 0 spiro atoms. The van der Waals surface area contributed by atoms with E-state index in [0.717, 1.165) is 15.7 Å². The van der Waals surface area contributed by atoms with Gasteiger partial charge in [0.15, 0.2) is 0 Å². The molecule has 0 radical (unpaired) electrons. The molecule has 2 aromatic rings. The normalized spacial score (nSPS) is 11.9. The van der Waals surface area contributed by atoms with Crippen LogP contribution in [0.5, 0.6) is 0 Å². The van der Waals surface area contributed by atoms with Crippen molar-refractivity contribution in [2.75, 3.05) is 0 Å². The van der Waals surface area contributed by atoms with E-state index in [1.807, 2.05) is 23.6 Å². The minimum atomic E-state index is -0.0550. The highest BCUT2D eigenvalue weighted by atomic mass is 79.9. The molecule has 2 rings (SSSR count). The molecule has 0 aromatic carbocycles. The van der Waals surface area contributed by atoms with E-state index in [9.17, 15) is 0 Å². The Balaban J connectivity index is 0.00000112. The number of nitrogens with two attached hydrogens (primary N) is 1. The smallest absolute Gasteiger partial charge is 0.106 e. The van der Waals surface area contributed by atoms with Crippen molar-refractivity contribution in [3.63, 3.8) is 0 Å². The van der Waals surface area contributed by atoms with Crippen LogP contribution < -0.4 is 5.73 Å². The highest BCUT2D eigenvalue weighted by Gasteiger charge is 2.09. The molecule has 1 atom stereocenters. The number of pyridine rings is 1. The van der Waals surface area contributed by atoms with Gasteiger partial charge in [-0.25, -0.2) is 4.98 Å². The van der Waals surface area contributed by atoms with E-state index in [0.29, 0.717) is 0 Å². The number of halogens is 2. The molecule has 0 saturated carbocycles. The SMILES string of the molecule is Cl.N[C@H](c1ccsc1)c1ccnc(Br)c1. The van der Waals surface area contributed by atoms with Gasteiger partial charge < -0.3 is 5.73 Å². The first-order valence-electron chi connectivity index (χ1n) is 4.16. The van der Waals surface area contributed by atoms with Crippen LogP contribution in [-0.2, 0) is 0 Å². The van der Waals surface area contributed by atoms with Crippen molar-refractivity contribution in [2.45, 2.75) is 6.04 Å². The van der Waals surface area contributed by atoms with E-state index >= 15 is 0 Å². The third-order valence-electron chi connectivity index (χ3n) is 2.01. The van der Waals surface area contributed by atoms with Crippen molar-refractivity contribution >= 4 is 39.7 Å². The number of hydrogen-bond acceptors (Lipinski definition) is 3. The maximum atomic E-state index is 6.09. The minimum absolute atomic E-state index is 0. The fourth-order valence-corrected chi connectivity index (χ4v) is 2.33. The van der Waals surface area contributed by atoms with Crippen LogP contribution >= 0.6 is 39.7 Å². The zero-order valence-electron chi connectivity index (χ0n) is 7.76. The number of rotatable bonds is 2.